The van der Waals surface area contributed by atoms with E-state index in [9.17, 15) is 18.0 Å². The third-order valence-electron chi connectivity index (χ3n) is 9.10. The predicted octanol–water partition coefficient (Wildman–Crippen LogP) is 11.9. The van der Waals surface area contributed by atoms with Gasteiger partial charge in [0.15, 0.2) is 0 Å². The Kier molecular flexibility index (Phi) is 16.6. The lowest BCUT2D eigenvalue weighted by Crippen LogP contribution is -2.34. The number of nitrogen functional groups attached to an aromatic ring is 1. The van der Waals surface area contributed by atoms with Crippen molar-refractivity contribution in [2.24, 2.45) is 5.92 Å². The van der Waals surface area contributed by atoms with Crippen LogP contribution in [0.5, 0.6) is 0 Å². The van der Waals surface area contributed by atoms with Gasteiger partial charge in [-0.3, -0.25) is 9.52 Å². The molecule has 1 fully saturated rings. The van der Waals surface area contributed by atoms with Crippen LogP contribution in [0.4, 0.5) is 24.5 Å². The maximum Gasteiger partial charge on any atom is 0.446 e. The highest BCUT2D eigenvalue weighted by molar-refractivity contribution is 8.00. The van der Waals surface area contributed by atoms with Crippen molar-refractivity contribution in [2.45, 2.75) is 52.3 Å². The first kappa shape index (κ1) is 42.4. The molecule has 6 rings (SSSR count). The van der Waals surface area contributed by atoms with Gasteiger partial charge in [-0.05, 0) is 164 Å². The Bertz CT molecular complexity index is 1930. The van der Waals surface area contributed by atoms with Crippen molar-refractivity contribution in [1.29, 1.82) is 0 Å². The van der Waals surface area contributed by atoms with Gasteiger partial charge in [0.25, 0.3) is 5.91 Å². The smallest absolute Gasteiger partial charge is 0.398 e. The van der Waals surface area contributed by atoms with Crippen molar-refractivity contribution in [3.8, 4) is 11.1 Å². The summed E-state index contributed by atoms with van der Waals surface area (Å²) in [5, 5.41) is 3.89. The molecule has 1 amide bonds. The zero-order valence-corrected chi connectivity index (χ0v) is 33.9. The minimum atomic E-state index is -4.44. The van der Waals surface area contributed by atoms with Crippen molar-refractivity contribution in [3.63, 3.8) is 0 Å². The molecule has 0 unspecified atom stereocenters. The van der Waals surface area contributed by atoms with E-state index in [0.717, 1.165) is 61.6 Å². The Balaban J connectivity index is 0.000000378. The minimum absolute atomic E-state index is 0.0374. The van der Waals surface area contributed by atoms with Crippen molar-refractivity contribution in [1.82, 2.24) is 10.0 Å². The van der Waals surface area contributed by atoms with E-state index >= 15 is 0 Å². The number of nitrogens with one attached hydrogen (secondary N) is 2. The number of hydrogen-bond acceptors (Lipinski definition) is 7. The van der Waals surface area contributed by atoms with Crippen molar-refractivity contribution >= 4 is 64.4 Å². The van der Waals surface area contributed by atoms with Crippen molar-refractivity contribution in [2.75, 3.05) is 43.1 Å². The van der Waals surface area contributed by atoms with Crippen LogP contribution in [0.25, 0.3) is 11.1 Å². The number of carbonyl (C=O) groups is 1. The number of nitrogens with two attached hydrogens (primary N) is 1. The number of rotatable bonds is 14. The second-order valence-corrected chi connectivity index (χ2v) is 16.7. The lowest BCUT2D eigenvalue weighted by molar-refractivity contribution is -0.0328. The normalized spacial score (nSPS) is 13.2. The molecule has 0 aromatic heterocycles. The van der Waals surface area contributed by atoms with Crippen LogP contribution in [0.2, 0.25) is 5.02 Å². The third-order valence-corrected chi connectivity index (χ3v) is 12.0. The summed E-state index contributed by atoms with van der Waals surface area (Å²) in [7, 11) is 2.00. The van der Waals surface area contributed by atoms with Crippen LogP contribution < -0.4 is 20.7 Å². The van der Waals surface area contributed by atoms with Gasteiger partial charge in [-0.1, -0.05) is 66.2 Å². The van der Waals surface area contributed by atoms with Gasteiger partial charge in [0, 0.05) is 49.7 Å². The monoisotopic (exact) mass is 822 g/mol. The molecule has 0 aliphatic carbocycles. The molecule has 5 aromatic carbocycles. The fourth-order valence-electron chi connectivity index (χ4n) is 6.21. The molecule has 0 radical (unpaired) electrons. The Morgan fingerprint density at radius 3 is 2.24 bits per heavy atom. The zero-order valence-electron chi connectivity index (χ0n) is 30.7. The number of unbranched alkanes of at least 4 members (excludes halogenated alkanes) is 1. The van der Waals surface area contributed by atoms with Gasteiger partial charge in [0.1, 0.15) is 0 Å². The molecule has 1 heterocycles. The van der Waals surface area contributed by atoms with Gasteiger partial charge in [-0.25, -0.2) is 0 Å². The Hall–Kier alpha value is -3.74. The number of piperidine rings is 1. The average molecular weight is 824 g/mol. The molecule has 12 heteroatoms. The highest BCUT2D eigenvalue weighted by atomic mass is 35.5. The van der Waals surface area contributed by atoms with E-state index in [4.69, 9.17) is 17.3 Å². The van der Waals surface area contributed by atoms with Gasteiger partial charge in [0.2, 0.25) is 0 Å². The number of amides is 1. The summed E-state index contributed by atoms with van der Waals surface area (Å²) in [6.45, 7) is 3.00. The summed E-state index contributed by atoms with van der Waals surface area (Å²) < 4.78 is 41.0. The molecule has 1 aliphatic heterocycles. The van der Waals surface area contributed by atoms with E-state index < -0.39 is 5.51 Å². The highest BCUT2D eigenvalue weighted by Gasteiger charge is 2.30. The quantitative estimate of drug-likeness (QED) is 0.0446. The summed E-state index contributed by atoms with van der Waals surface area (Å²) in [5.41, 5.74) is 6.57. The largest absolute Gasteiger partial charge is 0.446 e. The molecule has 0 bridgehead atoms. The van der Waals surface area contributed by atoms with Crippen LogP contribution in [0.15, 0.2) is 136 Å². The predicted molar refractivity (Wildman–Crippen MR) is 228 cm³/mol. The van der Waals surface area contributed by atoms with Crippen LogP contribution >= 0.6 is 47.1 Å². The van der Waals surface area contributed by atoms with Gasteiger partial charge in [0.05, 0.1) is 0 Å². The van der Waals surface area contributed by atoms with E-state index in [0.29, 0.717) is 16.4 Å². The molecule has 0 atom stereocenters. The fourth-order valence-corrected chi connectivity index (χ4v) is 8.60. The van der Waals surface area contributed by atoms with Crippen molar-refractivity contribution < 1.29 is 18.0 Å². The molecular formula is C43H46ClF3N4OS3. The van der Waals surface area contributed by atoms with E-state index in [-0.39, 0.29) is 28.3 Å². The molecule has 1 aliphatic rings. The minimum Gasteiger partial charge on any atom is -0.398 e. The molecule has 55 heavy (non-hydrogen) atoms. The number of halogens is 4. The van der Waals surface area contributed by atoms with Gasteiger partial charge < -0.3 is 16.0 Å². The van der Waals surface area contributed by atoms with Gasteiger partial charge >= 0.3 is 5.51 Å². The Morgan fingerprint density at radius 1 is 0.855 bits per heavy atom. The maximum atomic E-state index is 12.8. The van der Waals surface area contributed by atoms with Crippen molar-refractivity contribution in [3.05, 3.63) is 137 Å². The van der Waals surface area contributed by atoms with Crippen LogP contribution in [0.3, 0.4) is 0 Å². The number of anilines is 2. The van der Waals surface area contributed by atoms with Gasteiger partial charge in [-0.2, -0.15) is 13.2 Å². The topological polar surface area (TPSA) is 70.4 Å². The Morgan fingerprint density at radius 2 is 1.55 bits per heavy atom. The molecule has 290 valence electrons. The standard InChI is InChI=1S/C32H29ClF3N3OS2.C11H17NS/c33-25-9-5-22(6-10-25)28-4-2-1-3-24(28)19-21-15-17-39(18-16-21)26-11-7-23(8-12-26)31(40)38-42-27-13-14-29(37)30(20-27)41-32(34,35)36;1-12-9-5-6-10-13-11-7-3-2-4-8-11/h1-14,20-21H,15-19,37H2,(H,38,40);2-4,7-8,12H,5-6,9-10H2,1H3. The molecule has 5 aromatic rings. The number of hydrogen-bond donors (Lipinski definition) is 3. The molecule has 0 saturated carbocycles. The van der Waals surface area contributed by atoms with E-state index in [1.54, 1.807) is 18.2 Å². The fraction of sp³-hybridized carbons (Fsp3) is 0.279. The molecule has 0 spiro atoms. The highest BCUT2D eigenvalue weighted by Crippen LogP contribution is 2.41. The van der Waals surface area contributed by atoms with E-state index in [1.165, 1.54) is 52.3 Å². The first-order valence-corrected chi connectivity index (χ1v) is 21.2. The van der Waals surface area contributed by atoms with E-state index in [2.05, 4.69) is 81.7 Å². The number of alkyl halides is 3. The lowest BCUT2D eigenvalue weighted by atomic mass is 9.87. The average Bonchev–Trinajstić information content (AvgIpc) is 3.19. The molecule has 1 saturated heterocycles. The number of benzene rings is 5. The number of carbonyl (C=O) groups excluding carboxylic acids is 1. The summed E-state index contributed by atoms with van der Waals surface area (Å²) >= 11 is 8.71. The lowest BCUT2D eigenvalue weighted by Gasteiger charge is -2.34. The van der Waals surface area contributed by atoms with Crippen LogP contribution in [-0.4, -0.2) is 43.9 Å². The molecular weight excluding hydrogens is 777 g/mol. The third kappa shape index (κ3) is 14.1. The van der Waals surface area contributed by atoms with Crippen LogP contribution in [0, 0.1) is 5.92 Å². The first-order valence-electron chi connectivity index (χ1n) is 18.2. The second-order valence-electron chi connectivity index (χ2n) is 13.1. The summed E-state index contributed by atoms with van der Waals surface area (Å²) in [5.74, 6) is 1.48. The summed E-state index contributed by atoms with van der Waals surface area (Å²) in [4.78, 5) is 16.8. The zero-order chi connectivity index (χ0) is 39.0. The first-order chi connectivity index (χ1) is 26.6. The SMILES string of the molecule is CNCCCCSc1ccccc1.Nc1ccc(SNC(=O)c2ccc(N3CCC(Cc4ccccc4-c4ccc(Cl)cc4)CC3)cc2)cc1SC(F)(F)F. The van der Waals surface area contributed by atoms with E-state index in [1.807, 2.05) is 43.1 Å². The maximum absolute atomic E-state index is 12.8. The second kappa shape index (κ2) is 21.5. The summed E-state index contributed by atoms with van der Waals surface area (Å²) in [6, 6.07) is 38.9. The molecule has 5 nitrogen and oxygen atoms in total. The summed E-state index contributed by atoms with van der Waals surface area (Å²) in [6.07, 6.45) is 5.73. The molecule has 4 N–H and O–H groups in total. The number of thioether (sulfide) groups is 2. The Labute approximate surface area is 340 Å². The number of nitrogens with zero attached hydrogens (tertiary/aromatic N) is 1. The van der Waals surface area contributed by atoms with Crippen LogP contribution in [-0.2, 0) is 6.42 Å². The van der Waals surface area contributed by atoms with Gasteiger partial charge in [-0.15, -0.1) is 11.8 Å². The van der Waals surface area contributed by atoms with Crippen LogP contribution in [0.1, 0.15) is 41.6 Å².